The van der Waals surface area contributed by atoms with E-state index in [2.05, 4.69) is 22.4 Å². The molecule has 1 aromatic heterocycles. The van der Waals surface area contributed by atoms with E-state index in [1.54, 1.807) is 0 Å². The first-order chi connectivity index (χ1) is 7.45. The van der Waals surface area contributed by atoms with Crippen molar-refractivity contribution < 1.29 is 4.74 Å². The molecule has 1 aliphatic heterocycles. The molecule has 0 bridgehead atoms. The summed E-state index contributed by atoms with van der Waals surface area (Å²) in [5.41, 5.74) is 2.22. The molecular weight excluding hydrogens is 188 g/mol. The highest BCUT2D eigenvalue weighted by Gasteiger charge is 2.11. The zero-order chi connectivity index (χ0) is 10.1. The van der Waals surface area contributed by atoms with E-state index in [0.717, 1.165) is 31.0 Å². The lowest BCUT2D eigenvalue weighted by Gasteiger charge is -2.08. The first kappa shape index (κ1) is 8.68. The van der Waals surface area contributed by atoms with Crippen molar-refractivity contribution in [2.24, 2.45) is 0 Å². The van der Waals surface area contributed by atoms with Crippen molar-refractivity contribution in [1.82, 2.24) is 10.3 Å². The fourth-order valence-electron chi connectivity index (χ4n) is 1.94. The molecule has 0 fully saturated rings. The van der Waals surface area contributed by atoms with Crippen LogP contribution in [0.25, 0.3) is 10.9 Å². The molecule has 76 valence electrons. The molecule has 0 spiro atoms. The van der Waals surface area contributed by atoms with Crippen molar-refractivity contribution >= 4 is 10.9 Å². The molecule has 0 unspecified atom stereocenters. The number of fused-ring (bicyclic) bond motifs is 3. The molecule has 0 radical (unpaired) electrons. The normalized spacial score (nSPS) is 15.5. The van der Waals surface area contributed by atoms with Gasteiger partial charge in [0.25, 0.3) is 0 Å². The first-order valence-electron chi connectivity index (χ1n) is 5.15. The molecule has 3 nitrogen and oxygen atoms in total. The van der Waals surface area contributed by atoms with E-state index in [1.807, 2.05) is 18.3 Å². The van der Waals surface area contributed by atoms with Crippen LogP contribution < -0.4 is 10.1 Å². The van der Waals surface area contributed by atoms with Gasteiger partial charge in [0, 0.05) is 30.2 Å². The van der Waals surface area contributed by atoms with Gasteiger partial charge in [0.15, 0.2) is 0 Å². The van der Waals surface area contributed by atoms with Gasteiger partial charge in [0.1, 0.15) is 12.4 Å². The molecule has 2 aromatic rings. The second-order valence-corrected chi connectivity index (χ2v) is 3.64. The van der Waals surface area contributed by atoms with Crippen molar-refractivity contribution in [2.75, 3.05) is 13.2 Å². The Bertz CT molecular complexity index is 496. The fraction of sp³-hybridized carbons (Fsp3) is 0.250. The number of ether oxygens (including phenoxy) is 1. The van der Waals surface area contributed by atoms with Gasteiger partial charge in [-0.1, -0.05) is 6.07 Å². The highest BCUT2D eigenvalue weighted by atomic mass is 16.5. The SMILES string of the molecule is c1cnc2c3c(ccc2c1)OCCNC3. The Kier molecular flexibility index (Phi) is 2.03. The van der Waals surface area contributed by atoms with Crippen LogP contribution >= 0.6 is 0 Å². The Hall–Kier alpha value is -1.61. The van der Waals surface area contributed by atoms with Crippen LogP contribution in [-0.2, 0) is 6.54 Å². The van der Waals surface area contributed by atoms with Gasteiger partial charge < -0.3 is 10.1 Å². The first-order valence-corrected chi connectivity index (χ1v) is 5.15. The Morgan fingerprint density at radius 3 is 3.27 bits per heavy atom. The van der Waals surface area contributed by atoms with Crippen LogP contribution in [0.1, 0.15) is 5.56 Å². The summed E-state index contributed by atoms with van der Waals surface area (Å²) in [6.45, 7) is 2.46. The average molecular weight is 200 g/mol. The number of nitrogens with one attached hydrogen (secondary N) is 1. The number of hydrogen-bond donors (Lipinski definition) is 1. The van der Waals surface area contributed by atoms with Crippen molar-refractivity contribution in [3.05, 3.63) is 36.0 Å². The van der Waals surface area contributed by atoms with Crippen LogP contribution in [0.2, 0.25) is 0 Å². The van der Waals surface area contributed by atoms with E-state index in [4.69, 9.17) is 4.74 Å². The summed E-state index contributed by atoms with van der Waals surface area (Å²) in [5.74, 6) is 0.964. The molecule has 1 aromatic carbocycles. The Morgan fingerprint density at radius 1 is 1.27 bits per heavy atom. The Balaban J connectivity index is 2.27. The van der Waals surface area contributed by atoms with Crippen LogP contribution in [0.15, 0.2) is 30.5 Å². The van der Waals surface area contributed by atoms with Gasteiger partial charge in [0.2, 0.25) is 0 Å². The molecule has 0 aliphatic carbocycles. The number of nitrogens with zero attached hydrogens (tertiary/aromatic N) is 1. The van der Waals surface area contributed by atoms with Gasteiger partial charge in [-0.05, 0) is 18.2 Å². The summed E-state index contributed by atoms with van der Waals surface area (Å²) in [6, 6.07) is 8.13. The van der Waals surface area contributed by atoms with E-state index in [0.29, 0.717) is 0 Å². The standard InChI is InChI=1S/C12H12N2O/c1-2-9-3-4-11-10(12(9)14-5-1)8-13-6-7-15-11/h1-5,13H,6-8H2. The molecule has 3 rings (SSSR count). The topological polar surface area (TPSA) is 34.1 Å². The summed E-state index contributed by atoms with van der Waals surface area (Å²) in [7, 11) is 0. The summed E-state index contributed by atoms with van der Waals surface area (Å²) in [6.07, 6.45) is 1.83. The van der Waals surface area contributed by atoms with Crippen LogP contribution in [0.4, 0.5) is 0 Å². The summed E-state index contributed by atoms with van der Waals surface area (Å²) in [4.78, 5) is 4.42. The molecule has 0 amide bonds. The second-order valence-electron chi connectivity index (χ2n) is 3.64. The van der Waals surface area contributed by atoms with E-state index in [9.17, 15) is 0 Å². The zero-order valence-corrected chi connectivity index (χ0v) is 8.36. The molecule has 1 aliphatic rings. The maximum atomic E-state index is 5.65. The minimum Gasteiger partial charge on any atom is -0.492 e. The van der Waals surface area contributed by atoms with Gasteiger partial charge in [0.05, 0.1) is 5.52 Å². The maximum Gasteiger partial charge on any atom is 0.126 e. The number of aromatic nitrogens is 1. The lowest BCUT2D eigenvalue weighted by atomic mass is 10.1. The Labute approximate surface area is 88.1 Å². The van der Waals surface area contributed by atoms with Crippen molar-refractivity contribution in [2.45, 2.75) is 6.54 Å². The average Bonchev–Trinajstić information content (AvgIpc) is 2.54. The van der Waals surface area contributed by atoms with Crippen LogP contribution in [0.3, 0.4) is 0 Å². The van der Waals surface area contributed by atoms with Gasteiger partial charge >= 0.3 is 0 Å². The van der Waals surface area contributed by atoms with E-state index >= 15 is 0 Å². The van der Waals surface area contributed by atoms with Crippen molar-refractivity contribution in [3.63, 3.8) is 0 Å². The summed E-state index contributed by atoms with van der Waals surface area (Å²) >= 11 is 0. The lowest BCUT2D eigenvalue weighted by molar-refractivity contribution is 0.326. The zero-order valence-electron chi connectivity index (χ0n) is 8.36. The van der Waals surface area contributed by atoms with E-state index < -0.39 is 0 Å². The van der Waals surface area contributed by atoms with Crippen LogP contribution in [-0.4, -0.2) is 18.1 Å². The maximum absolute atomic E-state index is 5.65. The molecule has 1 N–H and O–H groups in total. The molecule has 0 saturated heterocycles. The minimum atomic E-state index is 0.728. The number of hydrogen-bond acceptors (Lipinski definition) is 3. The van der Waals surface area contributed by atoms with Crippen molar-refractivity contribution in [3.8, 4) is 5.75 Å². The van der Waals surface area contributed by atoms with Gasteiger partial charge in [-0.2, -0.15) is 0 Å². The highest BCUT2D eigenvalue weighted by molar-refractivity contribution is 5.83. The predicted molar refractivity (Wildman–Crippen MR) is 58.9 cm³/mol. The monoisotopic (exact) mass is 200 g/mol. The second kappa shape index (κ2) is 3.51. The largest absolute Gasteiger partial charge is 0.492 e. The molecular formula is C12H12N2O. The van der Waals surface area contributed by atoms with E-state index in [1.165, 1.54) is 10.9 Å². The number of rotatable bonds is 0. The van der Waals surface area contributed by atoms with Gasteiger partial charge in [-0.15, -0.1) is 0 Å². The van der Waals surface area contributed by atoms with Crippen molar-refractivity contribution in [1.29, 1.82) is 0 Å². The molecule has 2 heterocycles. The summed E-state index contributed by atoms with van der Waals surface area (Å²) in [5, 5.41) is 4.50. The number of pyridine rings is 1. The third-order valence-corrected chi connectivity index (χ3v) is 2.67. The third kappa shape index (κ3) is 1.45. The van der Waals surface area contributed by atoms with E-state index in [-0.39, 0.29) is 0 Å². The third-order valence-electron chi connectivity index (χ3n) is 2.67. The quantitative estimate of drug-likeness (QED) is 0.703. The summed E-state index contributed by atoms with van der Waals surface area (Å²) < 4.78 is 5.65. The molecule has 0 atom stereocenters. The minimum absolute atomic E-state index is 0.728. The molecule has 0 saturated carbocycles. The van der Waals surface area contributed by atoms with Gasteiger partial charge in [-0.25, -0.2) is 0 Å². The van der Waals surface area contributed by atoms with Crippen LogP contribution in [0, 0.1) is 0 Å². The predicted octanol–water partition coefficient (Wildman–Crippen LogP) is 1.72. The smallest absolute Gasteiger partial charge is 0.126 e. The van der Waals surface area contributed by atoms with Gasteiger partial charge in [-0.3, -0.25) is 4.98 Å². The van der Waals surface area contributed by atoms with Crippen LogP contribution in [0.5, 0.6) is 5.75 Å². The fourth-order valence-corrected chi connectivity index (χ4v) is 1.94. The molecule has 3 heteroatoms. The molecule has 15 heavy (non-hydrogen) atoms. The number of benzene rings is 1. The Morgan fingerprint density at radius 2 is 2.27 bits per heavy atom. The lowest BCUT2D eigenvalue weighted by Crippen LogP contribution is -2.16. The highest BCUT2D eigenvalue weighted by Crippen LogP contribution is 2.27.